The number of piperidine rings is 1. The number of nitrogens with one attached hydrogen (secondary N) is 2. The molecule has 2 heterocycles. The minimum Gasteiger partial charge on any atom is -0.262 e. The second-order valence-electron chi connectivity index (χ2n) is 4.17. The SMILES string of the molecule is CC(NS(=O)(=O)N1CCCCC1)c1ncn[nH]1. The first kappa shape index (κ1) is 12.5. The van der Waals surface area contributed by atoms with E-state index in [4.69, 9.17) is 0 Å². The molecular formula is C9H17N5O2S. The molecule has 1 saturated heterocycles. The van der Waals surface area contributed by atoms with Crippen LogP contribution in [0.25, 0.3) is 0 Å². The Morgan fingerprint density at radius 1 is 1.41 bits per heavy atom. The van der Waals surface area contributed by atoms with E-state index < -0.39 is 16.3 Å². The second-order valence-corrected chi connectivity index (χ2v) is 5.88. The van der Waals surface area contributed by atoms with Crippen LogP contribution in [0, 0.1) is 0 Å². The van der Waals surface area contributed by atoms with Gasteiger partial charge in [0, 0.05) is 13.1 Å². The van der Waals surface area contributed by atoms with Crippen LogP contribution in [0.3, 0.4) is 0 Å². The van der Waals surface area contributed by atoms with Gasteiger partial charge in [0.2, 0.25) is 0 Å². The first-order valence-electron chi connectivity index (χ1n) is 5.72. The van der Waals surface area contributed by atoms with E-state index in [1.54, 1.807) is 6.92 Å². The maximum absolute atomic E-state index is 12.0. The Morgan fingerprint density at radius 2 is 2.12 bits per heavy atom. The molecule has 0 radical (unpaired) electrons. The summed E-state index contributed by atoms with van der Waals surface area (Å²) in [6, 6.07) is -0.399. The van der Waals surface area contributed by atoms with Crippen molar-refractivity contribution in [3.8, 4) is 0 Å². The van der Waals surface area contributed by atoms with E-state index in [0.29, 0.717) is 18.9 Å². The topological polar surface area (TPSA) is 91.0 Å². The molecule has 17 heavy (non-hydrogen) atoms. The van der Waals surface area contributed by atoms with Crippen LogP contribution in [0.2, 0.25) is 0 Å². The van der Waals surface area contributed by atoms with Crippen LogP contribution in [0.15, 0.2) is 6.33 Å². The molecule has 1 unspecified atom stereocenters. The summed E-state index contributed by atoms with van der Waals surface area (Å²) < 4.78 is 28.2. The van der Waals surface area contributed by atoms with Gasteiger partial charge in [-0.05, 0) is 19.8 Å². The van der Waals surface area contributed by atoms with E-state index in [1.165, 1.54) is 10.6 Å². The first-order valence-corrected chi connectivity index (χ1v) is 7.16. The molecule has 1 aromatic rings. The van der Waals surface area contributed by atoms with Gasteiger partial charge in [0.05, 0.1) is 6.04 Å². The van der Waals surface area contributed by atoms with Gasteiger partial charge in [-0.3, -0.25) is 5.10 Å². The smallest absolute Gasteiger partial charge is 0.262 e. The zero-order valence-corrected chi connectivity index (χ0v) is 10.6. The molecule has 0 spiro atoms. The summed E-state index contributed by atoms with van der Waals surface area (Å²) in [5, 5.41) is 6.36. The van der Waals surface area contributed by atoms with E-state index in [0.717, 1.165) is 19.3 Å². The summed E-state index contributed by atoms with van der Waals surface area (Å²) in [5.74, 6) is 0.519. The highest BCUT2D eigenvalue weighted by Gasteiger charge is 2.26. The number of H-pyrrole nitrogens is 1. The van der Waals surface area contributed by atoms with Crippen molar-refractivity contribution in [3.05, 3.63) is 12.2 Å². The highest BCUT2D eigenvalue weighted by molar-refractivity contribution is 7.87. The Hall–Kier alpha value is -0.990. The first-order chi connectivity index (χ1) is 8.09. The van der Waals surface area contributed by atoms with E-state index in [-0.39, 0.29) is 0 Å². The molecular weight excluding hydrogens is 242 g/mol. The van der Waals surface area contributed by atoms with Crippen molar-refractivity contribution in [2.75, 3.05) is 13.1 Å². The molecule has 1 fully saturated rings. The number of nitrogens with zero attached hydrogens (tertiary/aromatic N) is 3. The van der Waals surface area contributed by atoms with Gasteiger partial charge < -0.3 is 0 Å². The molecule has 0 aliphatic carbocycles. The number of aromatic amines is 1. The molecule has 96 valence electrons. The monoisotopic (exact) mass is 259 g/mol. The van der Waals surface area contributed by atoms with E-state index in [1.807, 2.05) is 0 Å². The zero-order chi connectivity index (χ0) is 12.3. The normalized spacial score (nSPS) is 20.3. The van der Waals surface area contributed by atoms with Gasteiger partial charge in [-0.2, -0.15) is 22.5 Å². The number of hydrogen-bond donors (Lipinski definition) is 2. The van der Waals surface area contributed by atoms with Crippen molar-refractivity contribution in [1.29, 1.82) is 0 Å². The minimum absolute atomic E-state index is 0.399. The largest absolute Gasteiger partial charge is 0.280 e. The van der Waals surface area contributed by atoms with Crippen molar-refractivity contribution < 1.29 is 8.42 Å². The molecule has 8 heteroatoms. The highest BCUT2D eigenvalue weighted by atomic mass is 32.2. The van der Waals surface area contributed by atoms with E-state index >= 15 is 0 Å². The molecule has 1 aliphatic rings. The predicted molar refractivity (Wildman–Crippen MR) is 62.3 cm³/mol. The van der Waals surface area contributed by atoms with Crippen LogP contribution in [-0.4, -0.2) is 41.0 Å². The summed E-state index contributed by atoms with van der Waals surface area (Å²) in [6.45, 7) is 2.93. The van der Waals surface area contributed by atoms with Crippen LogP contribution in [0.4, 0.5) is 0 Å². The summed E-state index contributed by atoms with van der Waals surface area (Å²) in [5.41, 5.74) is 0. The standard InChI is InChI=1S/C9H17N5O2S/c1-8(9-10-7-11-12-9)13-17(15,16)14-5-3-2-4-6-14/h7-8,13H,2-6H2,1H3,(H,10,11,12). The van der Waals surface area contributed by atoms with Crippen LogP contribution >= 0.6 is 0 Å². The Labute approximate surface area is 101 Å². The Kier molecular flexibility index (Phi) is 3.75. The fraction of sp³-hybridized carbons (Fsp3) is 0.778. The summed E-state index contributed by atoms with van der Waals surface area (Å²) in [6.07, 6.45) is 4.32. The third kappa shape index (κ3) is 3.02. The van der Waals surface area contributed by atoms with Gasteiger partial charge in [0.15, 0.2) is 0 Å². The molecule has 0 aromatic carbocycles. The average molecular weight is 259 g/mol. The maximum Gasteiger partial charge on any atom is 0.280 e. The predicted octanol–water partition coefficient (Wildman–Crippen LogP) is 0.186. The number of rotatable bonds is 4. The lowest BCUT2D eigenvalue weighted by Crippen LogP contribution is -2.44. The van der Waals surface area contributed by atoms with E-state index in [9.17, 15) is 8.42 Å². The van der Waals surface area contributed by atoms with Crippen LogP contribution in [-0.2, 0) is 10.2 Å². The number of hydrogen-bond acceptors (Lipinski definition) is 4. The van der Waals surface area contributed by atoms with Gasteiger partial charge in [0.1, 0.15) is 12.2 Å². The quantitative estimate of drug-likeness (QED) is 0.807. The molecule has 0 amide bonds. The molecule has 7 nitrogen and oxygen atoms in total. The lowest BCUT2D eigenvalue weighted by molar-refractivity contribution is 0.339. The molecule has 2 N–H and O–H groups in total. The van der Waals surface area contributed by atoms with Gasteiger partial charge >= 0.3 is 0 Å². The summed E-state index contributed by atoms with van der Waals surface area (Å²) in [4.78, 5) is 3.93. The van der Waals surface area contributed by atoms with Crippen molar-refractivity contribution in [2.45, 2.75) is 32.2 Å². The Balaban J connectivity index is 2.01. The summed E-state index contributed by atoms with van der Waals surface area (Å²) in [7, 11) is -3.41. The third-order valence-corrected chi connectivity index (χ3v) is 4.52. The van der Waals surface area contributed by atoms with Gasteiger partial charge in [-0.1, -0.05) is 6.42 Å². The lowest BCUT2D eigenvalue weighted by atomic mass is 10.2. The third-order valence-electron chi connectivity index (χ3n) is 2.82. The Bertz CT molecular complexity index is 438. The molecule has 2 rings (SSSR count). The molecule has 1 atom stereocenters. The summed E-state index contributed by atoms with van der Waals surface area (Å²) >= 11 is 0. The average Bonchev–Trinajstić information content (AvgIpc) is 2.83. The fourth-order valence-corrected chi connectivity index (χ4v) is 3.33. The maximum atomic E-state index is 12.0. The van der Waals surface area contributed by atoms with Crippen LogP contribution < -0.4 is 4.72 Å². The van der Waals surface area contributed by atoms with Gasteiger partial charge in [-0.25, -0.2) is 4.98 Å². The zero-order valence-electron chi connectivity index (χ0n) is 9.76. The highest BCUT2D eigenvalue weighted by Crippen LogP contribution is 2.14. The van der Waals surface area contributed by atoms with Crippen molar-refractivity contribution in [2.24, 2.45) is 0 Å². The van der Waals surface area contributed by atoms with Crippen LogP contribution in [0.1, 0.15) is 38.1 Å². The fourth-order valence-electron chi connectivity index (χ4n) is 1.88. The van der Waals surface area contributed by atoms with Gasteiger partial charge in [0.25, 0.3) is 10.2 Å². The molecule has 0 saturated carbocycles. The molecule has 1 aromatic heterocycles. The van der Waals surface area contributed by atoms with Gasteiger partial charge in [-0.15, -0.1) is 0 Å². The lowest BCUT2D eigenvalue weighted by Gasteiger charge is -2.27. The van der Waals surface area contributed by atoms with Crippen molar-refractivity contribution >= 4 is 10.2 Å². The van der Waals surface area contributed by atoms with Crippen molar-refractivity contribution in [1.82, 2.24) is 24.2 Å². The van der Waals surface area contributed by atoms with E-state index in [2.05, 4.69) is 19.9 Å². The van der Waals surface area contributed by atoms with Crippen LogP contribution in [0.5, 0.6) is 0 Å². The molecule has 1 aliphatic heterocycles. The minimum atomic E-state index is -3.41. The number of aromatic nitrogens is 3. The Morgan fingerprint density at radius 3 is 2.71 bits per heavy atom. The second kappa shape index (κ2) is 5.11. The molecule has 0 bridgehead atoms. The van der Waals surface area contributed by atoms with Crippen molar-refractivity contribution in [3.63, 3.8) is 0 Å².